The first-order valence-corrected chi connectivity index (χ1v) is 6.02. The lowest BCUT2D eigenvalue weighted by Gasteiger charge is -2.09. The van der Waals surface area contributed by atoms with Crippen molar-refractivity contribution >= 4 is 21.6 Å². The van der Waals surface area contributed by atoms with Gasteiger partial charge in [-0.1, -0.05) is 6.07 Å². The minimum absolute atomic E-state index is 0.865. The standard InChI is InChI=1S/C12H14BrN3/c1-10-3-4-11(13)12(9-10)14-6-8-16-7-2-5-15-16/h2-5,7,9,14H,6,8H2,1H3. The van der Waals surface area contributed by atoms with Gasteiger partial charge in [-0.25, -0.2) is 0 Å². The molecule has 1 aromatic carbocycles. The van der Waals surface area contributed by atoms with Crippen molar-refractivity contribution in [2.75, 3.05) is 11.9 Å². The molecule has 0 saturated heterocycles. The van der Waals surface area contributed by atoms with Gasteiger partial charge < -0.3 is 5.32 Å². The van der Waals surface area contributed by atoms with E-state index in [0.717, 1.165) is 23.2 Å². The molecule has 1 aromatic heterocycles. The number of nitrogens with one attached hydrogen (secondary N) is 1. The predicted molar refractivity (Wildman–Crippen MR) is 69.6 cm³/mol. The van der Waals surface area contributed by atoms with E-state index in [4.69, 9.17) is 0 Å². The highest BCUT2D eigenvalue weighted by Crippen LogP contribution is 2.22. The molecular weight excluding hydrogens is 266 g/mol. The summed E-state index contributed by atoms with van der Waals surface area (Å²) in [7, 11) is 0. The van der Waals surface area contributed by atoms with Gasteiger partial charge in [0, 0.05) is 29.1 Å². The Kier molecular flexibility index (Phi) is 3.62. The van der Waals surface area contributed by atoms with Crippen molar-refractivity contribution < 1.29 is 0 Å². The van der Waals surface area contributed by atoms with E-state index in [0.29, 0.717) is 0 Å². The first kappa shape index (κ1) is 11.2. The van der Waals surface area contributed by atoms with Gasteiger partial charge in [-0.15, -0.1) is 0 Å². The zero-order chi connectivity index (χ0) is 11.4. The van der Waals surface area contributed by atoms with E-state index in [1.807, 2.05) is 16.9 Å². The summed E-state index contributed by atoms with van der Waals surface area (Å²) >= 11 is 3.52. The summed E-state index contributed by atoms with van der Waals surface area (Å²) in [6, 6.07) is 8.21. The lowest BCUT2D eigenvalue weighted by atomic mass is 10.2. The molecule has 16 heavy (non-hydrogen) atoms. The zero-order valence-corrected chi connectivity index (χ0v) is 10.7. The highest BCUT2D eigenvalue weighted by Gasteiger charge is 1.99. The number of hydrogen-bond donors (Lipinski definition) is 1. The molecule has 0 amide bonds. The van der Waals surface area contributed by atoms with Crippen LogP contribution in [0.3, 0.4) is 0 Å². The van der Waals surface area contributed by atoms with Crippen LogP contribution in [-0.2, 0) is 6.54 Å². The van der Waals surface area contributed by atoms with Crippen molar-refractivity contribution in [3.05, 3.63) is 46.7 Å². The number of aryl methyl sites for hydroxylation is 1. The second-order valence-corrected chi connectivity index (χ2v) is 4.53. The SMILES string of the molecule is Cc1ccc(Br)c(NCCn2cccn2)c1. The molecule has 3 nitrogen and oxygen atoms in total. The molecule has 1 heterocycles. The fourth-order valence-corrected chi connectivity index (χ4v) is 1.90. The maximum Gasteiger partial charge on any atom is 0.0582 e. The molecule has 0 aliphatic carbocycles. The summed E-state index contributed by atoms with van der Waals surface area (Å²) in [4.78, 5) is 0. The third kappa shape index (κ3) is 2.85. The van der Waals surface area contributed by atoms with E-state index >= 15 is 0 Å². The van der Waals surface area contributed by atoms with Crippen molar-refractivity contribution in [2.45, 2.75) is 13.5 Å². The summed E-state index contributed by atoms with van der Waals surface area (Å²) in [5.74, 6) is 0. The molecule has 0 bridgehead atoms. The van der Waals surface area contributed by atoms with Gasteiger partial charge in [0.05, 0.1) is 6.54 Å². The summed E-state index contributed by atoms with van der Waals surface area (Å²) in [6.07, 6.45) is 3.76. The van der Waals surface area contributed by atoms with Gasteiger partial charge in [0.1, 0.15) is 0 Å². The van der Waals surface area contributed by atoms with Gasteiger partial charge in [-0.2, -0.15) is 5.10 Å². The molecule has 2 aromatic rings. The summed E-state index contributed by atoms with van der Waals surface area (Å²) in [5, 5.41) is 7.54. The minimum atomic E-state index is 0.865. The Morgan fingerprint density at radius 2 is 2.31 bits per heavy atom. The van der Waals surface area contributed by atoms with E-state index < -0.39 is 0 Å². The molecule has 2 rings (SSSR count). The van der Waals surface area contributed by atoms with Crippen LogP contribution in [0.15, 0.2) is 41.1 Å². The number of anilines is 1. The van der Waals surface area contributed by atoms with Crippen molar-refractivity contribution in [3.63, 3.8) is 0 Å². The Hall–Kier alpha value is -1.29. The quantitative estimate of drug-likeness (QED) is 0.932. The Labute approximate surface area is 104 Å². The molecule has 0 aliphatic heterocycles. The van der Waals surface area contributed by atoms with Crippen LogP contribution >= 0.6 is 15.9 Å². The lowest BCUT2D eigenvalue weighted by molar-refractivity contribution is 0.638. The number of benzene rings is 1. The van der Waals surface area contributed by atoms with Crippen molar-refractivity contribution in [1.29, 1.82) is 0 Å². The van der Waals surface area contributed by atoms with Gasteiger partial charge >= 0.3 is 0 Å². The van der Waals surface area contributed by atoms with E-state index in [-0.39, 0.29) is 0 Å². The molecule has 0 fully saturated rings. The number of aromatic nitrogens is 2. The lowest BCUT2D eigenvalue weighted by Crippen LogP contribution is -2.11. The number of hydrogen-bond acceptors (Lipinski definition) is 2. The Morgan fingerprint density at radius 1 is 1.44 bits per heavy atom. The van der Waals surface area contributed by atoms with Crippen LogP contribution in [0.1, 0.15) is 5.56 Å². The highest BCUT2D eigenvalue weighted by molar-refractivity contribution is 9.10. The largest absolute Gasteiger partial charge is 0.382 e. The van der Waals surface area contributed by atoms with Crippen LogP contribution in [0.5, 0.6) is 0 Å². The third-order valence-corrected chi connectivity index (χ3v) is 3.03. The fourth-order valence-electron chi connectivity index (χ4n) is 1.51. The van der Waals surface area contributed by atoms with Gasteiger partial charge in [0.2, 0.25) is 0 Å². The molecule has 0 aliphatic rings. The molecule has 0 radical (unpaired) electrons. The zero-order valence-electron chi connectivity index (χ0n) is 9.15. The van der Waals surface area contributed by atoms with E-state index in [9.17, 15) is 0 Å². The van der Waals surface area contributed by atoms with Gasteiger partial charge in [0.15, 0.2) is 0 Å². The van der Waals surface area contributed by atoms with E-state index in [1.165, 1.54) is 5.56 Å². The monoisotopic (exact) mass is 279 g/mol. The number of halogens is 1. The Balaban J connectivity index is 1.92. The van der Waals surface area contributed by atoms with Crippen molar-refractivity contribution in [1.82, 2.24) is 9.78 Å². The normalized spacial score (nSPS) is 10.4. The molecule has 0 atom stereocenters. The number of nitrogens with zero attached hydrogens (tertiary/aromatic N) is 2. The second-order valence-electron chi connectivity index (χ2n) is 3.68. The Morgan fingerprint density at radius 3 is 3.06 bits per heavy atom. The third-order valence-electron chi connectivity index (χ3n) is 2.34. The van der Waals surface area contributed by atoms with Crippen LogP contribution in [0.25, 0.3) is 0 Å². The highest BCUT2D eigenvalue weighted by atomic mass is 79.9. The van der Waals surface area contributed by atoms with E-state index in [1.54, 1.807) is 6.20 Å². The maximum atomic E-state index is 4.15. The first-order chi connectivity index (χ1) is 7.75. The summed E-state index contributed by atoms with van der Waals surface area (Å²) in [5.41, 5.74) is 2.39. The van der Waals surface area contributed by atoms with E-state index in [2.05, 4.69) is 51.5 Å². The van der Waals surface area contributed by atoms with Crippen molar-refractivity contribution in [2.24, 2.45) is 0 Å². The van der Waals surface area contributed by atoms with Crippen LogP contribution in [-0.4, -0.2) is 16.3 Å². The number of rotatable bonds is 4. The van der Waals surface area contributed by atoms with Gasteiger partial charge in [-0.05, 0) is 46.6 Å². The molecule has 4 heteroatoms. The van der Waals surface area contributed by atoms with Crippen molar-refractivity contribution in [3.8, 4) is 0 Å². The smallest absolute Gasteiger partial charge is 0.0582 e. The molecule has 0 unspecified atom stereocenters. The fraction of sp³-hybridized carbons (Fsp3) is 0.250. The maximum absolute atomic E-state index is 4.15. The molecule has 84 valence electrons. The van der Waals surface area contributed by atoms with Crippen LogP contribution in [0.2, 0.25) is 0 Å². The van der Waals surface area contributed by atoms with Gasteiger partial charge in [-0.3, -0.25) is 4.68 Å². The summed E-state index contributed by atoms with van der Waals surface area (Å²) in [6.45, 7) is 3.82. The molecule has 0 spiro atoms. The van der Waals surface area contributed by atoms with Gasteiger partial charge in [0.25, 0.3) is 0 Å². The molecular formula is C12H14BrN3. The minimum Gasteiger partial charge on any atom is -0.382 e. The second kappa shape index (κ2) is 5.16. The topological polar surface area (TPSA) is 29.9 Å². The van der Waals surface area contributed by atoms with Crippen LogP contribution in [0.4, 0.5) is 5.69 Å². The summed E-state index contributed by atoms with van der Waals surface area (Å²) < 4.78 is 3.01. The van der Waals surface area contributed by atoms with Crippen LogP contribution in [0, 0.1) is 6.92 Å². The molecule has 1 N–H and O–H groups in total. The average Bonchev–Trinajstić information content (AvgIpc) is 2.76. The average molecular weight is 280 g/mol. The molecule has 0 saturated carbocycles. The van der Waals surface area contributed by atoms with Crippen LogP contribution < -0.4 is 5.32 Å². The first-order valence-electron chi connectivity index (χ1n) is 5.23. The predicted octanol–water partition coefficient (Wildman–Crippen LogP) is 3.07. The Bertz CT molecular complexity index is 451.